The summed E-state index contributed by atoms with van der Waals surface area (Å²) in [7, 11) is 2.14. The van der Waals surface area contributed by atoms with Gasteiger partial charge in [-0.3, -0.25) is 9.69 Å². The summed E-state index contributed by atoms with van der Waals surface area (Å²) in [5, 5.41) is 3.34. The van der Waals surface area contributed by atoms with Gasteiger partial charge in [-0.15, -0.1) is 0 Å². The summed E-state index contributed by atoms with van der Waals surface area (Å²) in [6.07, 6.45) is 1.06. The maximum Gasteiger partial charge on any atom is 0.254 e. The third kappa shape index (κ3) is 2.29. The predicted molar refractivity (Wildman–Crippen MR) is 81.2 cm³/mol. The van der Waals surface area contributed by atoms with Crippen LogP contribution in [0.15, 0.2) is 18.2 Å². The number of anilines is 1. The number of rotatable bonds is 1. The molecule has 0 saturated carbocycles. The zero-order chi connectivity index (χ0) is 14.3. The van der Waals surface area contributed by atoms with E-state index in [9.17, 15) is 4.79 Å². The highest BCUT2D eigenvalue weighted by Crippen LogP contribution is 2.24. The largest absolute Gasteiger partial charge is 0.384 e. The number of likely N-dealkylation sites (N-methyl/N-ethyl adjacent to an activating group) is 1. The molecule has 2 heterocycles. The zero-order valence-electron chi connectivity index (χ0n) is 12.5. The van der Waals surface area contributed by atoms with Gasteiger partial charge in [0.25, 0.3) is 5.91 Å². The Hall–Kier alpha value is -1.55. The van der Waals surface area contributed by atoms with E-state index in [2.05, 4.69) is 37.2 Å². The highest BCUT2D eigenvalue weighted by atomic mass is 16.2. The molecule has 0 radical (unpaired) electrons. The van der Waals surface area contributed by atoms with Crippen LogP contribution in [0.25, 0.3) is 0 Å². The van der Waals surface area contributed by atoms with Gasteiger partial charge >= 0.3 is 0 Å². The van der Waals surface area contributed by atoms with Crippen molar-refractivity contribution in [3.63, 3.8) is 0 Å². The number of amides is 1. The summed E-state index contributed by atoms with van der Waals surface area (Å²) >= 11 is 0. The van der Waals surface area contributed by atoms with E-state index in [-0.39, 0.29) is 5.91 Å². The molecule has 1 saturated heterocycles. The number of piperazine rings is 1. The van der Waals surface area contributed by atoms with E-state index in [0.717, 1.165) is 37.3 Å². The molecule has 3 rings (SSSR count). The summed E-state index contributed by atoms with van der Waals surface area (Å²) in [5.41, 5.74) is 3.26. The van der Waals surface area contributed by atoms with Crippen LogP contribution in [0.4, 0.5) is 5.69 Å². The molecule has 0 bridgehead atoms. The normalized spacial score (nSPS) is 26.2. The van der Waals surface area contributed by atoms with Gasteiger partial charge < -0.3 is 10.2 Å². The molecule has 2 aliphatic rings. The standard InChI is InChI=1S/C16H23N3O/c1-11-9-19(10-12(2)18(11)3)16(20)14-5-4-13-6-7-17-15(13)8-14/h4-5,8,11-12,17H,6-7,9-10H2,1-3H3. The zero-order valence-corrected chi connectivity index (χ0v) is 12.5. The Labute approximate surface area is 120 Å². The van der Waals surface area contributed by atoms with E-state index < -0.39 is 0 Å². The molecule has 1 aromatic rings. The molecule has 1 fully saturated rings. The van der Waals surface area contributed by atoms with Crippen molar-refractivity contribution in [3.05, 3.63) is 29.3 Å². The topological polar surface area (TPSA) is 35.6 Å². The van der Waals surface area contributed by atoms with Gasteiger partial charge in [-0.25, -0.2) is 0 Å². The maximum absolute atomic E-state index is 12.7. The average molecular weight is 273 g/mol. The number of carbonyl (C=O) groups excluding carboxylic acids is 1. The molecule has 4 heteroatoms. The number of hydrogen-bond donors (Lipinski definition) is 1. The van der Waals surface area contributed by atoms with Crippen molar-refractivity contribution >= 4 is 11.6 Å². The number of carbonyl (C=O) groups is 1. The predicted octanol–water partition coefficient (Wildman–Crippen LogP) is 1.82. The molecule has 0 aromatic heterocycles. The van der Waals surface area contributed by atoms with Gasteiger partial charge in [-0.1, -0.05) is 6.07 Å². The van der Waals surface area contributed by atoms with Gasteiger partial charge in [-0.2, -0.15) is 0 Å². The Morgan fingerprint density at radius 3 is 2.65 bits per heavy atom. The Morgan fingerprint density at radius 2 is 1.95 bits per heavy atom. The Bertz CT molecular complexity index is 516. The van der Waals surface area contributed by atoms with Crippen LogP contribution in [0, 0.1) is 0 Å². The first-order valence-corrected chi connectivity index (χ1v) is 7.44. The van der Waals surface area contributed by atoms with Crippen LogP contribution in [0.5, 0.6) is 0 Å². The summed E-state index contributed by atoms with van der Waals surface area (Å²) in [4.78, 5) is 17.0. The summed E-state index contributed by atoms with van der Waals surface area (Å²) in [6.45, 7) is 6.96. The maximum atomic E-state index is 12.7. The fourth-order valence-electron chi connectivity index (χ4n) is 3.18. The lowest BCUT2D eigenvalue weighted by Gasteiger charge is -2.42. The van der Waals surface area contributed by atoms with E-state index in [1.54, 1.807) is 0 Å². The first-order valence-electron chi connectivity index (χ1n) is 7.44. The van der Waals surface area contributed by atoms with Crippen molar-refractivity contribution in [1.82, 2.24) is 9.80 Å². The molecule has 0 spiro atoms. The van der Waals surface area contributed by atoms with E-state index in [1.165, 1.54) is 5.56 Å². The van der Waals surface area contributed by atoms with Gasteiger partial charge in [0, 0.05) is 43.0 Å². The summed E-state index contributed by atoms with van der Waals surface area (Å²) in [5.74, 6) is 0.160. The lowest BCUT2D eigenvalue weighted by atomic mass is 10.1. The van der Waals surface area contributed by atoms with Crippen molar-refractivity contribution in [3.8, 4) is 0 Å². The molecule has 1 aromatic carbocycles. The first-order chi connectivity index (χ1) is 9.56. The van der Waals surface area contributed by atoms with Crippen LogP contribution in [-0.4, -0.2) is 54.5 Å². The molecule has 108 valence electrons. The van der Waals surface area contributed by atoms with Crippen LogP contribution in [0.3, 0.4) is 0 Å². The van der Waals surface area contributed by atoms with Crippen molar-refractivity contribution in [1.29, 1.82) is 0 Å². The third-order valence-corrected chi connectivity index (χ3v) is 4.71. The molecule has 2 unspecified atom stereocenters. The van der Waals surface area contributed by atoms with Crippen LogP contribution in [0.2, 0.25) is 0 Å². The third-order valence-electron chi connectivity index (χ3n) is 4.71. The van der Waals surface area contributed by atoms with Gasteiger partial charge in [0.05, 0.1) is 0 Å². The van der Waals surface area contributed by atoms with E-state index in [1.807, 2.05) is 17.0 Å². The van der Waals surface area contributed by atoms with E-state index in [0.29, 0.717) is 12.1 Å². The van der Waals surface area contributed by atoms with Crippen LogP contribution in [-0.2, 0) is 6.42 Å². The number of nitrogens with one attached hydrogen (secondary N) is 1. The van der Waals surface area contributed by atoms with Crippen LogP contribution < -0.4 is 5.32 Å². The summed E-state index contributed by atoms with van der Waals surface area (Å²) < 4.78 is 0. The molecule has 1 amide bonds. The molecule has 0 aliphatic carbocycles. The minimum atomic E-state index is 0.160. The monoisotopic (exact) mass is 273 g/mol. The molecular formula is C16H23N3O. The van der Waals surface area contributed by atoms with Gasteiger partial charge in [0.15, 0.2) is 0 Å². The Kier molecular flexibility index (Phi) is 3.42. The van der Waals surface area contributed by atoms with Crippen molar-refractivity contribution < 1.29 is 4.79 Å². The number of fused-ring (bicyclic) bond motifs is 1. The summed E-state index contributed by atoms with van der Waals surface area (Å²) in [6, 6.07) is 6.90. The lowest BCUT2D eigenvalue weighted by molar-refractivity contribution is 0.0414. The Morgan fingerprint density at radius 1 is 1.25 bits per heavy atom. The molecule has 2 aliphatic heterocycles. The second-order valence-corrected chi connectivity index (χ2v) is 6.12. The van der Waals surface area contributed by atoms with Gasteiger partial charge in [0.1, 0.15) is 0 Å². The molecule has 4 nitrogen and oxygen atoms in total. The molecule has 1 N–H and O–H groups in total. The lowest BCUT2D eigenvalue weighted by Crippen LogP contribution is -2.56. The molecular weight excluding hydrogens is 250 g/mol. The molecule has 2 atom stereocenters. The van der Waals surface area contributed by atoms with Gasteiger partial charge in [0.2, 0.25) is 0 Å². The van der Waals surface area contributed by atoms with Crippen LogP contribution in [0.1, 0.15) is 29.8 Å². The quantitative estimate of drug-likeness (QED) is 0.848. The minimum absolute atomic E-state index is 0.160. The SMILES string of the molecule is CC1CN(C(=O)c2ccc3c(c2)NCC3)CC(C)N1C. The minimum Gasteiger partial charge on any atom is -0.384 e. The first kappa shape index (κ1) is 13.4. The van der Waals surface area contributed by atoms with Crippen molar-refractivity contribution in [2.24, 2.45) is 0 Å². The van der Waals surface area contributed by atoms with Crippen molar-refractivity contribution in [2.75, 3.05) is 32.0 Å². The van der Waals surface area contributed by atoms with Gasteiger partial charge in [-0.05, 0) is 45.0 Å². The average Bonchev–Trinajstić information content (AvgIpc) is 2.90. The molecule has 20 heavy (non-hydrogen) atoms. The van der Waals surface area contributed by atoms with Crippen LogP contribution >= 0.6 is 0 Å². The number of hydrogen-bond acceptors (Lipinski definition) is 3. The van der Waals surface area contributed by atoms with E-state index >= 15 is 0 Å². The highest BCUT2D eigenvalue weighted by Gasteiger charge is 2.30. The fourth-order valence-corrected chi connectivity index (χ4v) is 3.18. The fraction of sp³-hybridized carbons (Fsp3) is 0.562. The second-order valence-electron chi connectivity index (χ2n) is 6.12. The van der Waals surface area contributed by atoms with E-state index in [4.69, 9.17) is 0 Å². The second kappa shape index (κ2) is 5.09. The Balaban J connectivity index is 1.79. The smallest absolute Gasteiger partial charge is 0.254 e. The van der Waals surface area contributed by atoms with Crippen molar-refractivity contribution in [2.45, 2.75) is 32.4 Å². The highest BCUT2D eigenvalue weighted by molar-refractivity contribution is 5.95. The number of benzene rings is 1. The number of nitrogens with zero attached hydrogens (tertiary/aromatic N) is 2.